The molecule has 15 heavy (non-hydrogen) atoms. The summed E-state index contributed by atoms with van der Waals surface area (Å²) >= 11 is 0. The number of H-pyrrole nitrogens is 1. The third kappa shape index (κ3) is 2.03. The Kier molecular flexibility index (Phi) is 2.75. The molecule has 0 saturated heterocycles. The lowest BCUT2D eigenvalue weighted by molar-refractivity contribution is 0.282. The van der Waals surface area contributed by atoms with E-state index in [1.807, 2.05) is 18.3 Å². The molecule has 80 valence electrons. The maximum absolute atomic E-state index is 9.03. The van der Waals surface area contributed by atoms with Crippen molar-refractivity contribution in [2.24, 2.45) is 0 Å². The van der Waals surface area contributed by atoms with Crippen LogP contribution in [0.1, 0.15) is 11.1 Å². The average molecular weight is 204 g/mol. The minimum atomic E-state index is 0.0952. The minimum absolute atomic E-state index is 0.0952. The summed E-state index contributed by atoms with van der Waals surface area (Å²) < 4.78 is 0. The van der Waals surface area contributed by atoms with Crippen molar-refractivity contribution >= 4 is 10.9 Å². The molecule has 0 saturated carbocycles. The molecule has 0 fully saturated rings. The Bertz CT molecular complexity index is 460. The lowest BCUT2D eigenvalue weighted by Gasteiger charge is -2.07. The normalized spacial score (nSPS) is 11.5. The quantitative estimate of drug-likeness (QED) is 0.799. The summed E-state index contributed by atoms with van der Waals surface area (Å²) in [5.74, 6) is 0. The molecule has 0 aliphatic heterocycles. The first-order valence-electron chi connectivity index (χ1n) is 5.05. The van der Waals surface area contributed by atoms with Crippen LogP contribution in [0.25, 0.3) is 10.9 Å². The van der Waals surface area contributed by atoms with Crippen molar-refractivity contribution in [1.82, 2.24) is 9.88 Å². The Morgan fingerprint density at radius 1 is 1.33 bits per heavy atom. The highest BCUT2D eigenvalue weighted by Gasteiger charge is 2.04. The zero-order chi connectivity index (χ0) is 10.8. The van der Waals surface area contributed by atoms with Crippen LogP contribution in [0.4, 0.5) is 0 Å². The molecular formula is C12H16N2O. The highest BCUT2D eigenvalue weighted by atomic mass is 16.3. The number of aliphatic hydroxyl groups is 1. The van der Waals surface area contributed by atoms with E-state index >= 15 is 0 Å². The highest BCUT2D eigenvalue weighted by Crippen LogP contribution is 2.20. The van der Waals surface area contributed by atoms with Crippen LogP contribution in [0, 0.1) is 0 Å². The van der Waals surface area contributed by atoms with Crippen molar-refractivity contribution in [3.05, 3.63) is 35.5 Å². The average Bonchev–Trinajstić information content (AvgIpc) is 2.60. The van der Waals surface area contributed by atoms with E-state index in [0.717, 1.165) is 17.6 Å². The number of benzene rings is 1. The number of aromatic nitrogens is 1. The van der Waals surface area contributed by atoms with E-state index in [0.29, 0.717) is 0 Å². The summed E-state index contributed by atoms with van der Waals surface area (Å²) in [6, 6.07) is 6.03. The van der Waals surface area contributed by atoms with Crippen molar-refractivity contribution in [1.29, 1.82) is 0 Å². The molecule has 1 aromatic heterocycles. The predicted octanol–water partition coefficient (Wildman–Crippen LogP) is 1.72. The first kappa shape index (κ1) is 10.2. The van der Waals surface area contributed by atoms with Crippen molar-refractivity contribution < 1.29 is 5.11 Å². The highest BCUT2D eigenvalue weighted by molar-refractivity contribution is 5.83. The van der Waals surface area contributed by atoms with Gasteiger partial charge in [-0.1, -0.05) is 12.1 Å². The van der Waals surface area contributed by atoms with Crippen LogP contribution in [-0.2, 0) is 13.2 Å². The topological polar surface area (TPSA) is 39.3 Å². The minimum Gasteiger partial charge on any atom is -0.392 e. The molecule has 0 bridgehead atoms. The zero-order valence-electron chi connectivity index (χ0n) is 9.12. The Balaban J connectivity index is 2.43. The fourth-order valence-electron chi connectivity index (χ4n) is 1.80. The molecular weight excluding hydrogens is 188 g/mol. The van der Waals surface area contributed by atoms with Crippen molar-refractivity contribution in [3.63, 3.8) is 0 Å². The second-order valence-electron chi connectivity index (χ2n) is 4.09. The summed E-state index contributed by atoms with van der Waals surface area (Å²) in [5.41, 5.74) is 3.33. The number of hydrogen-bond donors (Lipinski definition) is 2. The zero-order valence-corrected chi connectivity index (χ0v) is 9.12. The second kappa shape index (κ2) is 4.04. The van der Waals surface area contributed by atoms with Crippen LogP contribution in [-0.4, -0.2) is 29.1 Å². The molecule has 0 unspecified atom stereocenters. The van der Waals surface area contributed by atoms with Gasteiger partial charge in [-0.3, -0.25) is 0 Å². The molecule has 0 radical (unpaired) electrons. The maximum atomic E-state index is 9.03. The lowest BCUT2D eigenvalue weighted by atomic mass is 10.1. The van der Waals surface area contributed by atoms with Crippen LogP contribution in [0.15, 0.2) is 24.4 Å². The second-order valence-corrected chi connectivity index (χ2v) is 4.09. The van der Waals surface area contributed by atoms with E-state index in [9.17, 15) is 0 Å². The standard InChI is InChI=1S/C12H16N2O/c1-14(2)7-10-6-13-12-5-9(8-15)3-4-11(10)12/h3-6,13,15H,7-8H2,1-2H3. The molecule has 3 nitrogen and oxygen atoms in total. The smallest absolute Gasteiger partial charge is 0.0682 e. The fraction of sp³-hybridized carbons (Fsp3) is 0.333. The molecule has 3 heteroatoms. The summed E-state index contributed by atoms with van der Waals surface area (Å²) in [5, 5.41) is 10.3. The summed E-state index contributed by atoms with van der Waals surface area (Å²) in [6.45, 7) is 1.02. The van der Waals surface area contributed by atoms with Crippen LogP contribution in [0.5, 0.6) is 0 Å². The molecule has 2 N–H and O–H groups in total. The van der Waals surface area contributed by atoms with Gasteiger partial charge in [-0.25, -0.2) is 0 Å². The van der Waals surface area contributed by atoms with Gasteiger partial charge in [-0.05, 0) is 31.3 Å². The van der Waals surface area contributed by atoms with E-state index in [2.05, 4.69) is 30.0 Å². The Labute approximate surface area is 89.3 Å². The molecule has 0 aliphatic rings. The monoisotopic (exact) mass is 204 g/mol. The molecule has 0 aliphatic carbocycles. The lowest BCUT2D eigenvalue weighted by Crippen LogP contribution is -2.10. The van der Waals surface area contributed by atoms with Gasteiger partial charge in [0.1, 0.15) is 0 Å². The van der Waals surface area contributed by atoms with E-state index in [-0.39, 0.29) is 6.61 Å². The van der Waals surface area contributed by atoms with Gasteiger partial charge in [-0.2, -0.15) is 0 Å². The van der Waals surface area contributed by atoms with Gasteiger partial charge < -0.3 is 15.0 Å². The van der Waals surface area contributed by atoms with Crippen LogP contribution < -0.4 is 0 Å². The third-order valence-electron chi connectivity index (χ3n) is 2.50. The Morgan fingerprint density at radius 2 is 2.13 bits per heavy atom. The molecule has 1 heterocycles. The van der Waals surface area contributed by atoms with Gasteiger partial charge in [0.05, 0.1) is 6.61 Å². The van der Waals surface area contributed by atoms with E-state index in [1.54, 1.807) is 0 Å². The summed E-state index contributed by atoms with van der Waals surface area (Å²) in [7, 11) is 4.11. The maximum Gasteiger partial charge on any atom is 0.0682 e. The van der Waals surface area contributed by atoms with Crippen LogP contribution in [0.3, 0.4) is 0 Å². The van der Waals surface area contributed by atoms with E-state index < -0.39 is 0 Å². The largest absolute Gasteiger partial charge is 0.392 e. The number of aliphatic hydroxyl groups excluding tert-OH is 1. The number of fused-ring (bicyclic) bond motifs is 1. The predicted molar refractivity (Wildman–Crippen MR) is 61.6 cm³/mol. The van der Waals surface area contributed by atoms with Gasteiger partial charge in [0.25, 0.3) is 0 Å². The van der Waals surface area contributed by atoms with Crippen molar-refractivity contribution in [3.8, 4) is 0 Å². The molecule has 1 aromatic carbocycles. The number of hydrogen-bond acceptors (Lipinski definition) is 2. The molecule has 2 rings (SSSR count). The number of nitrogens with one attached hydrogen (secondary N) is 1. The van der Waals surface area contributed by atoms with E-state index in [4.69, 9.17) is 5.11 Å². The number of rotatable bonds is 3. The summed E-state index contributed by atoms with van der Waals surface area (Å²) in [4.78, 5) is 5.37. The van der Waals surface area contributed by atoms with Crippen molar-refractivity contribution in [2.75, 3.05) is 14.1 Å². The van der Waals surface area contributed by atoms with Gasteiger partial charge >= 0.3 is 0 Å². The van der Waals surface area contributed by atoms with Gasteiger partial charge in [0, 0.05) is 23.6 Å². The first-order chi connectivity index (χ1) is 7.20. The van der Waals surface area contributed by atoms with Crippen LogP contribution >= 0.6 is 0 Å². The van der Waals surface area contributed by atoms with Crippen molar-refractivity contribution in [2.45, 2.75) is 13.2 Å². The summed E-state index contributed by atoms with van der Waals surface area (Å²) in [6.07, 6.45) is 2.03. The SMILES string of the molecule is CN(C)Cc1c[nH]c2cc(CO)ccc12. The Hall–Kier alpha value is -1.32. The molecule has 2 aromatic rings. The van der Waals surface area contributed by atoms with Gasteiger partial charge in [0.2, 0.25) is 0 Å². The third-order valence-corrected chi connectivity index (χ3v) is 2.50. The van der Waals surface area contributed by atoms with Gasteiger partial charge in [-0.15, -0.1) is 0 Å². The fourth-order valence-corrected chi connectivity index (χ4v) is 1.80. The van der Waals surface area contributed by atoms with E-state index in [1.165, 1.54) is 10.9 Å². The first-order valence-corrected chi connectivity index (χ1v) is 5.05. The number of nitrogens with zero attached hydrogens (tertiary/aromatic N) is 1. The Morgan fingerprint density at radius 3 is 2.80 bits per heavy atom. The number of aromatic amines is 1. The molecule has 0 amide bonds. The molecule has 0 spiro atoms. The van der Waals surface area contributed by atoms with Gasteiger partial charge in [0.15, 0.2) is 0 Å². The molecule has 0 atom stereocenters. The van der Waals surface area contributed by atoms with Crippen LogP contribution in [0.2, 0.25) is 0 Å².